The molecule has 0 bridgehead atoms. The van der Waals surface area contributed by atoms with Crippen LogP contribution in [0.15, 0.2) is 48.5 Å². The van der Waals surface area contributed by atoms with Gasteiger partial charge in [-0.25, -0.2) is 0 Å². The number of nitro groups is 1. The Morgan fingerprint density at radius 2 is 1.78 bits per heavy atom. The summed E-state index contributed by atoms with van der Waals surface area (Å²) in [6, 6.07) is 14.2. The molecular weight excluding hydrogens is 342 g/mol. The number of hydrogen-bond donors (Lipinski definition) is 2. The maximum Gasteiger partial charge on any atom is 0.269 e. The third-order valence-corrected chi connectivity index (χ3v) is 5.61. The van der Waals surface area contributed by atoms with Crippen molar-refractivity contribution in [1.29, 1.82) is 0 Å². The number of fused-ring (bicyclic) bond motifs is 2. The van der Waals surface area contributed by atoms with E-state index in [1.807, 2.05) is 30.3 Å². The highest BCUT2D eigenvalue weighted by Gasteiger charge is 2.46. The van der Waals surface area contributed by atoms with Gasteiger partial charge >= 0.3 is 0 Å². The Kier molecular flexibility index (Phi) is 4.13. The second-order valence-electron chi connectivity index (χ2n) is 8.31. The lowest BCUT2D eigenvalue weighted by atomic mass is 9.66. The Bertz CT molecular complexity index is 909. The summed E-state index contributed by atoms with van der Waals surface area (Å²) in [6.45, 7) is 4.24. The van der Waals surface area contributed by atoms with E-state index in [0.29, 0.717) is 6.42 Å². The molecule has 1 aliphatic carbocycles. The average molecular weight is 365 g/mol. The molecule has 140 valence electrons. The number of Topliss-reactive ketones (excluding diaryl/α,β-unsaturated/α-hetero) is 1. The molecule has 2 aromatic rings. The van der Waals surface area contributed by atoms with E-state index in [2.05, 4.69) is 24.5 Å². The maximum atomic E-state index is 13.1. The Balaban J connectivity index is 1.82. The highest BCUT2D eigenvalue weighted by Crippen LogP contribution is 2.46. The highest BCUT2D eigenvalue weighted by molar-refractivity contribution is 5.87. The second-order valence-corrected chi connectivity index (χ2v) is 8.31. The van der Waals surface area contributed by atoms with Gasteiger partial charge in [0.1, 0.15) is 5.78 Å². The quantitative estimate of drug-likeness (QED) is 0.602. The molecule has 1 heterocycles. The number of hydrogen-bond acceptors (Lipinski definition) is 5. The molecule has 1 saturated carbocycles. The lowest BCUT2D eigenvalue weighted by molar-refractivity contribution is -0.384. The predicted molar refractivity (Wildman–Crippen MR) is 105 cm³/mol. The summed E-state index contributed by atoms with van der Waals surface area (Å²) >= 11 is 0. The fourth-order valence-electron chi connectivity index (χ4n) is 4.48. The molecular formula is C21H23N3O3. The number of non-ortho nitro benzene ring substituents is 1. The van der Waals surface area contributed by atoms with Crippen molar-refractivity contribution in [3.63, 3.8) is 0 Å². The number of nitrogens with zero attached hydrogens (tertiary/aromatic N) is 1. The third-order valence-electron chi connectivity index (χ3n) is 5.61. The van der Waals surface area contributed by atoms with Crippen molar-refractivity contribution < 1.29 is 9.72 Å². The summed E-state index contributed by atoms with van der Waals surface area (Å²) < 4.78 is 0. The Hall–Kier alpha value is -2.89. The molecule has 0 saturated heterocycles. The molecule has 2 aliphatic rings. The number of para-hydroxylation sites is 2. The summed E-state index contributed by atoms with van der Waals surface area (Å²) in [5.74, 6) is -0.0898. The number of nitro benzene ring substituents is 1. The zero-order chi connectivity index (χ0) is 19.2. The molecule has 2 N–H and O–H groups in total. The topological polar surface area (TPSA) is 84.3 Å². The van der Waals surface area contributed by atoms with Crippen LogP contribution in [0.5, 0.6) is 0 Å². The lowest BCUT2D eigenvalue weighted by Crippen LogP contribution is -2.47. The van der Waals surface area contributed by atoms with Crippen molar-refractivity contribution in [3.05, 3.63) is 64.2 Å². The van der Waals surface area contributed by atoms with E-state index in [9.17, 15) is 14.9 Å². The summed E-state index contributed by atoms with van der Waals surface area (Å²) in [6.07, 6.45) is 1.38. The molecule has 0 aromatic heterocycles. The average Bonchev–Trinajstić information content (AvgIpc) is 2.77. The first-order valence-corrected chi connectivity index (χ1v) is 9.23. The van der Waals surface area contributed by atoms with Gasteiger partial charge in [0, 0.05) is 24.6 Å². The molecule has 0 radical (unpaired) electrons. The van der Waals surface area contributed by atoms with Crippen LogP contribution in [0.2, 0.25) is 0 Å². The van der Waals surface area contributed by atoms with Crippen LogP contribution in [0, 0.1) is 21.4 Å². The molecule has 6 nitrogen and oxygen atoms in total. The van der Waals surface area contributed by atoms with Gasteiger partial charge < -0.3 is 10.6 Å². The summed E-state index contributed by atoms with van der Waals surface area (Å²) in [7, 11) is 0. The smallest absolute Gasteiger partial charge is 0.269 e. The first-order chi connectivity index (χ1) is 12.8. The van der Waals surface area contributed by atoms with Crippen LogP contribution in [0.3, 0.4) is 0 Å². The molecule has 0 spiro atoms. The molecule has 3 atom stereocenters. The van der Waals surface area contributed by atoms with E-state index >= 15 is 0 Å². The first kappa shape index (κ1) is 17.5. The van der Waals surface area contributed by atoms with Gasteiger partial charge in [0.05, 0.1) is 28.3 Å². The van der Waals surface area contributed by atoms with Crippen LogP contribution >= 0.6 is 0 Å². The first-order valence-electron chi connectivity index (χ1n) is 9.23. The number of anilines is 2. The minimum atomic E-state index is -0.393. The van der Waals surface area contributed by atoms with E-state index < -0.39 is 4.92 Å². The Morgan fingerprint density at radius 3 is 2.48 bits per heavy atom. The van der Waals surface area contributed by atoms with Crippen LogP contribution < -0.4 is 10.6 Å². The molecule has 2 aromatic carbocycles. The van der Waals surface area contributed by atoms with Crippen molar-refractivity contribution in [1.82, 2.24) is 0 Å². The zero-order valence-corrected chi connectivity index (χ0v) is 15.4. The van der Waals surface area contributed by atoms with Gasteiger partial charge in [-0.15, -0.1) is 0 Å². The Labute approximate surface area is 158 Å². The number of benzene rings is 2. The van der Waals surface area contributed by atoms with Gasteiger partial charge in [-0.3, -0.25) is 14.9 Å². The minimum absolute atomic E-state index is 0.0262. The molecule has 0 unspecified atom stereocenters. The van der Waals surface area contributed by atoms with Gasteiger partial charge in [-0.05, 0) is 29.5 Å². The number of rotatable bonds is 2. The molecule has 0 amide bonds. The standard InChI is InChI=1S/C21H23N3O3/c1-21(2)11-17-19(18(25)12-21)20(13-6-5-7-14(10-13)24(26)27)23-16-9-4-3-8-15(16)22-17/h3-10,17,19-20,22-23H,11-12H2,1-2H3/t17-,19+,20+/m1/s1. The Morgan fingerprint density at radius 1 is 1.07 bits per heavy atom. The number of carbonyl (C=O) groups excluding carboxylic acids is 1. The minimum Gasteiger partial charge on any atom is -0.380 e. The van der Waals surface area contributed by atoms with E-state index in [1.165, 1.54) is 6.07 Å². The number of carbonyl (C=O) groups is 1. The molecule has 4 rings (SSSR count). The molecule has 1 aliphatic heterocycles. The SMILES string of the molecule is CC1(C)CC(=O)[C@@H]2[C@@H](C1)Nc1ccccc1N[C@H]2c1cccc([N+](=O)[O-])c1. The van der Waals surface area contributed by atoms with Crippen molar-refractivity contribution in [2.24, 2.45) is 11.3 Å². The van der Waals surface area contributed by atoms with E-state index in [4.69, 9.17) is 0 Å². The van der Waals surface area contributed by atoms with E-state index in [0.717, 1.165) is 23.4 Å². The van der Waals surface area contributed by atoms with Gasteiger partial charge in [0.2, 0.25) is 0 Å². The number of ketones is 1. The van der Waals surface area contributed by atoms with Crippen molar-refractivity contribution in [2.75, 3.05) is 10.6 Å². The van der Waals surface area contributed by atoms with Crippen LogP contribution in [0.25, 0.3) is 0 Å². The van der Waals surface area contributed by atoms with Crippen molar-refractivity contribution >= 4 is 22.8 Å². The van der Waals surface area contributed by atoms with Gasteiger partial charge in [0.15, 0.2) is 0 Å². The van der Waals surface area contributed by atoms with Crippen LogP contribution in [-0.4, -0.2) is 16.7 Å². The summed E-state index contributed by atoms with van der Waals surface area (Å²) in [5, 5.41) is 18.3. The van der Waals surface area contributed by atoms with E-state index in [-0.39, 0.29) is 34.9 Å². The largest absolute Gasteiger partial charge is 0.380 e. The fraction of sp³-hybridized carbons (Fsp3) is 0.381. The molecule has 1 fully saturated rings. The van der Waals surface area contributed by atoms with E-state index in [1.54, 1.807) is 12.1 Å². The normalized spacial score (nSPS) is 26.0. The van der Waals surface area contributed by atoms with Gasteiger partial charge in [-0.2, -0.15) is 0 Å². The van der Waals surface area contributed by atoms with Gasteiger partial charge in [0.25, 0.3) is 5.69 Å². The van der Waals surface area contributed by atoms with Crippen LogP contribution in [-0.2, 0) is 4.79 Å². The van der Waals surface area contributed by atoms with Crippen molar-refractivity contribution in [2.45, 2.75) is 38.8 Å². The summed E-state index contributed by atoms with van der Waals surface area (Å²) in [5.41, 5.74) is 2.61. The third kappa shape index (κ3) is 3.27. The van der Waals surface area contributed by atoms with Gasteiger partial charge in [-0.1, -0.05) is 38.1 Å². The van der Waals surface area contributed by atoms with Crippen LogP contribution in [0.4, 0.5) is 17.1 Å². The lowest BCUT2D eigenvalue weighted by Gasteiger charge is -2.42. The monoisotopic (exact) mass is 365 g/mol. The molecule has 27 heavy (non-hydrogen) atoms. The molecule has 6 heteroatoms. The van der Waals surface area contributed by atoms with Crippen LogP contribution in [0.1, 0.15) is 38.3 Å². The fourth-order valence-corrected chi connectivity index (χ4v) is 4.48. The van der Waals surface area contributed by atoms with Crippen molar-refractivity contribution in [3.8, 4) is 0 Å². The number of nitrogens with one attached hydrogen (secondary N) is 2. The zero-order valence-electron chi connectivity index (χ0n) is 15.4. The predicted octanol–water partition coefficient (Wildman–Crippen LogP) is 4.55. The second kappa shape index (κ2) is 6.37. The maximum absolute atomic E-state index is 13.1. The summed E-state index contributed by atoms with van der Waals surface area (Å²) in [4.78, 5) is 24.0. The highest BCUT2D eigenvalue weighted by atomic mass is 16.6.